The lowest BCUT2D eigenvalue weighted by Crippen LogP contribution is -1.92. The van der Waals surface area contributed by atoms with E-state index in [9.17, 15) is 4.79 Å². The third-order valence-corrected chi connectivity index (χ3v) is 0.718. The number of hydrogen-bond acceptors (Lipinski definition) is 2. The molecule has 0 atom stereocenters. The fourth-order valence-corrected chi connectivity index (χ4v) is 0.335. The van der Waals surface area contributed by atoms with Crippen LogP contribution in [0.4, 0.5) is 0 Å². The topological polar surface area (TPSA) is 37.3 Å². The normalized spacial score (nSPS) is 11.2. The first-order chi connectivity index (χ1) is 3.66. The Morgan fingerprint density at radius 2 is 2.25 bits per heavy atom. The van der Waals surface area contributed by atoms with Gasteiger partial charge in [-0.2, -0.15) is 0 Å². The van der Waals surface area contributed by atoms with Crippen molar-refractivity contribution in [2.24, 2.45) is 0 Å². The summed E-state index contributed by atoms with van der Waals surface area (Å²) in [4.78, 5) is 10.4. The molecule has 2 nitrogen and oxygen atoms in total. The molecule has 0 heterocycles. The van der Waals surface area contributed by atoms with Gasteiger partial charge in [0.2, 0.25) is 0 Å². The zero-order chi connectivity index (χ0) is 6.57. The van der Waals surface area contributed by atoms with Crippen molar-refractivity contribution in [1.29, 1.82) is 0 Å². The van der Waals surface area contributed by atoms with Gasteiger partial charge in [-0.3, -0.25) is 4.79 Å². The maximum atomic E-state index is 10.4. The molecule has 42 valence electrons. The minimum atomic E-state index is -0.0370. The number of allylic oxidation sites excluding steroid dienone is 1. The molecule has 0 rings (SSSR count). The van der Waals surface area contributed by atoms with Crippen LogP contribution in [0.5, 0.6) is 0 Å². The van der Waals surface area contributed by atoms with E-state index in [-0.39, 0.29) is 11.4 Å². The maximum absolute atomic E-state index is 10.4. The molecule has 0 bridgehead atoms. The monoisotopic (exact) mass is 110 g/mol. The van der Waals surface area contributed by atoms with Crippen LogP contribution in [-0.4, -0.2) is 26.6 Å². The number of hydrogen-bond donors (Lipinski definition) is 1. The summed E-state index contributed by atoms with van der Waals surface area (Å²) in [5.74, 6) is -0.0370. The van der Waals surface area contributed by atoms with Gasteiger partial charge in [-0.25, -0.2) is 0 Å². The molecule has 0 aliphatic rings. The van der Waals surface area contributed by atoms with Gasteiger partial charge >= 0.3 is 0 Å². The van der Waals surface area contributed by atoms with E-state index in [1.807, 2.05) is 0 Å². The molecule has 0 amide bonds. The predicted octanol–water partition coefficient (Wildman–Crippen LogP) is -1.36. The smallest absolute Gasteiger partial charge is 0.185 e. The first kappa shape index (κ1) is 7.34. The molecule has 0 aromatic rings. The molecular weight excluding hydrogens is 102 g/mol. The number of aliphatic hydroxyl groups is 1. The number of carbonyl (C=O) groups is 1. The highest BCUT2D eigenvalue weighted by atomic mass is 16.3. The molecule has 0 aliphatic heterocycles. The molecule has 0 spiro atoms. The van der Waals surface area contributed by atoms with Crippen molar-refractivity contribution in [3.8, 4) is 0 Å². The van der Waals surface area contributed by atoms with Crippen LogP contribution in [0.2, 0.25) is 6.32 Å². The molecule has 8 heavy (non-hydrogen) atoms. The van der Waals surface area contributed by atoms with Crippen molar-refractivity contribution in [3.05, 3.63) is 11.7 Å². The summed E-state index contributed by atoms with van der Waals surface area (Å²) < 4.78 is 0. The first-order valence-corrected chi connectivity index (χ1v) is 2.57. The standard InChI is InChI=1S/C4H8B2O2/c5-2-3(7)1-4(6)8/h1,8H,2,5-6H2/b4-1-. The fraction of sp³-hybridized carbons (Fsp3) is 0.250. The first-order valence-electron chi connectivity index (χ1n) is 2.57. The Morgan fingerprint density at radius 3 is 2.38 bits per heavy atom. The fourth-order valence-electron chi connectivity index (χ4n) is 0.335. The second kappa shape index (κ2) is 3.36. The van der Waals surface area contributed by atoms with E-state index in [4.69, 9.17) is 5.11 Å². The number of aliphatic hydroxyl groups excluding tert-OH is 1. The van der Waals surface area contributed by atoms with E-state index in [0.29, 0.717) is 6.32 Å². The predicted molar refractivity (Wildman–Crippen MR) is 37.6 cm³/mol. The lowest BCUT2D eigenvalue weighted by molar-refractivity contribution is -0.112. The lowest BCUT2D eigenvalue weighted by Gasteiger charge is -1.85. The molecule has 4 heteroatoms. The minimum Gasteiger partial charge on any atom is -0.523 e. The van der Waals surface area contributed by atoms with Crippen LogP contribution < -0.4 is 0 Å². The van der Waals surface area contributed by atoms with Crippen LogP contribution in [0.3, 0.4) is 0 Å². The van der Waals surface area contributed by atoms with Gasteiger partial charge in [0.05, 0.1) is 0 Å². The molecule has 0 aliphatic carbocycles. The second-order valence-corrected chi connectivity index (χ2v) is 1.61. The highest BCUT2D eigenvalue weighted by Crippen LogP contribution is 1.83. The molecule has 0 radical (unpaired) electrons. The van der Waals surface area contributed by atoms with E-state index < -0.39 is 0 Å². The summed E-state index contributed by atoms with van der Waals surface area (Å²) in [6.45, 7) is 0. The summed E-state index contributed by atoms with van der Waals surface area (Å²) in [5, 5.41) is 8.49. The molecule has 0 saturated carbocycles. The highest BCUT2D eigenvalue weighted by Gasteiger charge is 1.90. The SMILES string of the molecule is BCC(=O)/C=C(/B)O. The Bertz CT molecular complexity index is 115. The van der Waals surface area contributed by atoms with Gasteiger partial charge in [0, 0.05) is 11.7 Å². The summed E-state index contributed by atoms with van der Waals surface area (Å²) in [6.07, 6.45) is 1.68. The lowest BCUT2D eigenvalue weighted by atomic mass is 9.97. The summed E-state index contributed by atoms with van der Waals surface area (Å²) in [5.41, 5.74) is 0.0804. The zero-order valence-corrected chi connectivity index (χ0v) is 5.14. The quantitative estimate of drug-likeness (QED) is 0.270. The maximum Gasteiger partial charge on any atom is 0.185 e. The number of carbonyl (C=O) groups excluding carboxylic acids is 1. The molecule has 0 saturated heterocycles. The van der Waals surface area contributed by atoms with Crippen LogP contribution in [0, 0.1) is 0 Å². The molecule has 1 N–H and O–H groups in total. The van der Waals surface area contributed by atoms with Crippen molar-refractivity contribution in [1.82, 2.24) is 0 Å². The van der Waals surface area contributed by atoms with Gasteiger partial charge in [-0.05, 0) is 6.32 Å². The van der Waals surface area contributed by atoms with Gasteiger partial charge in [0.15, 0.2) is 7.85 Å². The van der Waals surface area contributed by atoms with E-state index in [0.717, 1.165) is 0 Å². The Labute approximate surface area is 50.4 Å². The molecule has 0 aromatic heterocycles. The molecule has 0 fully saturated rings. The molecular formula is C4H8B2O2. The second-order valence-electron chi connectivity index (χ2n) is 1.61. The summed E-state index contributed by atoms with van der Waals surface area (Å²) in [6, 6.07) is 0. The van der Waals surface area contributed by atoms with Gasteiger partial charge < -0.3 is 5.11 Å². The number of rotatable bonds is 2. The van der Waals surface area contributed by atoms with Crippen LogP contribution >= 0.6 is 0 Å². The molecule has 0 unspecified atom stereocenters. The Morgan fingerprint density at radius 1 is 1.75 bits per heavy atom. The van der Waals surface area contributed by atoms with Crippen molar-refractivity contribution in [3.63, 3.8) is 0 Å². The van der Waals surface area contributed by atoms with Crippen LogP contribution in [0.25, 0.3) is 0 Å². The van der Waals surface area contributed by atoms with Gasteiger partial charge in [-0.1, -0.05) is 0 Å². The Hall–Kier alpha value is -0.660. The Kier molecular flexibility index (Phi) is 3.08. The highest BCUT2D eigenvalue weighted by molar-refractivity contribution is 6.26. The van der Waals surface area contributed by atoms with E-state index in [2.05, 4.69) is 0 Å². The third-order valence-electron chi connectivity index (χ3n) is 0.718. The van der Waals surface area contributed by atoms with Crippen molar-refractivity contribution < 1.29 is 9.90 Å². The largest absolute Gasteiger partial charge is 0.523 e. The Balaban J connectivity index is 3.70. The van der Waals surface area contributed by atoms with E-state index in [1.54, 1.807) is 7.85 Å². The van der Waals surface area contributed by atoms with Crippen LogP contribution in [0.15, 0.2) is 11.7 Å². The van der Waals surface area contributed by atoms with Gasteiger partial charge in [0.1, 0.15) is 13.6 Å². The average Bonchev–Trinajstić information content (AvgIpc) is 1.65. The average molecular weight is 110 g/mol. The van der Waals surface area contributed by atoms with Gasteiger partial charge in [0.25, 0.3) is 0 Å². The van der Waals surface area contributed by atoms with Crippen molar-refractivity contribution >= 4 is 21.5 Å². The van der Waals surface area contributed by atoms with Crippen LogP contribution in [-0.2, 0) is 4.79 Å². The van der Waals surface area contributed by atoms with Gasteiger partial charge in [-0.15, -0.1) is 0 Å². The zero-order valence-electron chi connectivity index (χ0n) is 5.14. The molecule has 0 aromatic carbocycles. The summed E-state index contributed by atoms with van der Waals surface area (Å²) in [7, 11) is 3.23. The van der Waals surface area contributed by atoms with Crippen molar-refractivity contribution in [2.75, 3.05) is 0 Å². The minimum absolute atomic E-state index is 0.0370. The van der Waals surface area contributed by atoms with Crippen molar-refractivity contribution in [2.45, 2.75) is 6.32 Å². The van der Waals surface area contributed by atoms with Crippen LogP contribution in [0.1, 0.15) is 0 Å². The van der Waals surface area contributed by atoms with E-state index in [1.165, 1.54) is 13.9 Å². The number of ketones is 1. The summed E-state index contributed by atoms with van der Waals surface area (Å²) >= 11 is 0. The van der Waals surface area contributed by atoms with E-state index >= 15 is 0 Å². The third kappa shape index (κ3) is 3.53.